The third-order valence-electron chi connectivity index (χ3n) is 5.98. The van der Waals surface area contributed by atoms with Gasteiger partial charge in [-0.25, -0.2) is 29.0 Å². The Bertz CT molecular complexity index is 1490. The van der Waals surface area contributed by atoms with E-state index < -0.39 is 48.1 Å². The maximum atomic E-state index is 13.1. The number of benzene rings is 3. The molecule has 5 rings (SSSR count). The predicted octanol–water partition coefficient (Wildman–Crippen LogP) is 2.78. The van der Waals surface area contributed by atoms with Crippen LogP contribution in [0.25, 0.3) is 0 Å². The van der Waals surface area contributed by atoms with Gasteiger partial charge in [0.25, 0.3) is 0 Å². The molecule has 39 heavy (non-hydrogen) atoms. The Morgan fingerprint density at radius 1 is 0.744 bits per heavy atom. The highest BCUT2D eigenvalue weighted by molar-refractivity contribution is 5.91. The first-order valence-corrected chi connectivity index (χ1v) is 12.0. The van der Waals surface area contributed by atoms with Crippen molar-refractivity contribution in [3.63, 3.8) is 0 Å². The topological polar surface area (TPSA) is 139 Å². The third kappa shape index (κ3) is 5.94. The van der Waals surface area contributed by atoms with Crippen LogP contribution in [-0.2, 0) is 18.9 Å². The molecule has 1 aromatic heterocycles. The van der Waals surface area contributed by atoms with Crippen molar-refractivity contribution in [3.05, 3.63) is 124 Å². The molecular weight excluding hydrogens is 506 g/mol. The summed E-state index contributed by atoms with van der Waals surface area (Å²) in [5.74, 6) is -2.03. The molecule has 0 bridgehead atoms. The first-order chi connectivity index (χ1) is 19.0. The summed E-state index contributed by atoms with van der Waals surface area (Å²) < 4.78 is 24.3. The maximum Gasteiger partial charge on any atom is 0.361 e. The molecule has 3 aromatic carbocycles. The Balaban J connectivity index is 1.45. The summed E-state index contributed by atoms with van der Waals surface area (Å²) in [6.07, 6.45) is -3.50. The van der Waals surface area contributed by atoms with Crippen molar-refractivity contribution in [3.8, 4) is 0 Å². The zero-order valence-corrected chi connectivity index (χ0v) is 20.4. The van der Waals surface area contributed by atoms with Gasteiger partial charge < -0.3 is 18.9 Å². The summed E-state index contributed by atoms with van der Waals surface area (Å²) in [6, 6.07) is 24.8. The average Bonchev–Trinajstić information content (AvgIpc) is 3.56. The van der Waals surface area contributed by atoms with Crippen LogP contribution in [0, 0.1) is 0 Å². The van der Waals surface area contributed by atoms with Gasteiger partial charge in [-0.05, 0) is 36.4 Å². The quantitative estimate of drug-likeness (QED) is 0.270. The van der Waals surface area contributed by atoms with E-state index in [0.29, 0.717) is 5.56 Å². The van der Waals surface area contributed by atoms with Gasteiger partial charge in [0.15, 0.2) is 18.4 Å². The number of aromatic amines is 1. The fourth-order valence-electron chi connectivity index (χ4n) is 4.09. The van der Waals surface area contributed by atoms with Gasteiger partial charge in [0, 0.05) is 0 Å². The molecule has 0 saturated carbocycles. The number of ether oxygens (including phenoxy) is 4. The van der Waals surface area contributed by atoms with E-state index in [0.717, 1.165) is 0 Å². The van der Waals surface area contributed by atoms with Crippen molar-refractivity contribution in [2.75, 3.05) is 6.61 Å². The van der Waals surface area contributed by atoms with Gasteiger partial charge in [0.1, 0.15) is 19.0 Å². The van der Waals surface area contributed by atoms with Crippen LogP contribution in [0.2, 0.25) is 0 Å². The van der Waals surface area contributed by atoms with Crippen molar-refractivity contribution in [2.24, 2.45) is 0 Å². The maximum absolute atomic E-state index is 13.1. The molecule has 0 unspecified atom stereocenters. The van der Waals surface area contributed by atoms with E-state index in [1.54, 1.807) is 91.0 Å². The first-order valence-electron chi connectivity index (χ1n) is 12.0. The Morgan fingerprint density at radius 3 is 1.72 bits per heavy atom. The number of carbonyl (C=O) groups excluding carboxylic acids is 3. The highest BCUT2D eigenvalue weighted by Crippen LogP contribution is 2.34. The molecule has 1 fully saturated rings. The summed E-state index contributed by atoms with van der Waals surface area (Å²) in [6.45, 7) is -0.338. The number of carbonyl (C=O) groups is 3. The van der Waals surface area contributed by atoms with E-state index >= 15 is 0 Å². The van der Waals surface area contributed by atoms with E-state index in [1.165, 1.54) is 11.0 Å². The fourth-order valence-corrected chi connectivity index (χ4v) is 4.09. The lowest BCUT2D eigenvalue weighted by molar-refractivity contribution is -0.0674. The van der Waals surface area contributed by atoms with Gasteiger partial charge in [0.2, 0.25) is 0 Å². The smallest absolute Gasteiger partial charge is 0.361 e. The number of esters is 3. The molecule has 1 aliphatic rings. The third-order valence-corrected chi connectivity index (χ3v) is 5.98. The van der Waals surface area contributed by atoms with E-state index in [2.05, 4.69) is 10.1 Å². The average molecular weight is 530 g/mol. The van der Waals surface area contributed by atoms with E-state index in [-0.39, 0.29) is 17.7 Å². The monoisotopic (exact) mass is 529 g/mol. The van der Waals surface area contributed by atoms with Gasteiger partial charge in [-0.3, -0.25) is 0 Å². The van der Waals surface area contributed by atoms with Crippen LogP contribution in [0.15, 0.2) is 102 Å². The Labute approximate surface area is 221 Å². The molecule has 0 radical (unpaired) electrons. The fraction of sp³-hybridized carbons (Fsp3) is 0.179. The van der Waals surface area contributed by atoms with Crippen LogP contribution in [-0.4, -0.2) is 57.6 Å². The zero-order valence-electron chi connectivity index (χ0n) is 20.4. The Hall–Kier alpha value is -5.03. The van der Waals surface area contributed by atoms with Crippen LogP contribution in [0.3, 0.4) is 0 Å². The molecule has 1 N–H and O–H groups in total. The van der Waals surface area contributed by atoms with Gasteiger partial charge in [-0.15, -0.1) is 0 Å². The van der Waals surface area contributed by atoms with Crippen LogP contribution in [0.1, 0.15) is 37.3 Å². The van der Waals surface area contributed by atoms with E-state index in [1.807, 2.05) is 0 Å². The Kier molecular flexibility index (Phi) is 7.60. The molecule has 2 heterocycles. The standard InChI is InChI=1S/C28H23N3O8/c32-25(18-10-4-1-5-11-18)36-16-21-22(38-26(33)19-12-6-2-7-13-19)23(24(37-21)31-17-29-28(35)30-31)39-27(34)20-14-8-3-9-15-20/h1-15,17,21-24H,16H2,(H,30,35)/t21-,22-,23-,24-/m1/s1. The van der Waals surface area contributed by atoms with Gasteiger partial charge in [-0.1, -0.05) is 54.6 Å². The molecule has 0 amide bonds. The number of hydrogen-bond acceptors (Lipinski definition) is 9. The van der Waals surface area contributed by atoms with Crippen molar-refractivity contribution in [1.29, 1.82) is 0 Å². The minimum atomic E-state index is -1.24. The SMILES string of the molecule is O=C(OC[C@H]1O[C@@H](n2cnc(=O)[nH]2)[C@H](OC(=O)c2ccccc2)[C@@H]1OC(=O)c1ccccc1)c1ccccc1. The van der Waals surface area contributed by atoms with Crippen LogP contribution < -0.4 is 5.69 Å². The minimum absolute atomic E-state index is 0.252. The summed E-state index contributed by atoms with van der Waals surface area (Å²) in [5, 5.41) is 2.46. The molecule has 11 heteroatoms. The summed E-state index contributed by atoms with van der Waals surface area (Å²) in [7, 11) is 0. The second-order valence-corrected chi connectivity index (χ2v) is 8.57. The summed E-state index contributed by atoms with van der Waals surface area (Å²) in [4.78, 5) is 54.1. The Morgan fingerprint density at radius 2 is 1.23 bits per heavy atom. The van der Waals surface area contributed by atoms with Gasteiger partial charge in [0.05, 0.1) is 16.7 Å². The van der Waals surface area contributed by atoms with Crippen LogP contribution >= 0.6 is 0 Å². The molecule has 11 nitrogen and oxygen atoms in total. The second kappa shape index (κ2) is 11.6. The normalized spacial score (nSPS) is 20.2. The van der Waals surface area contributed by atoms with Gasteiger partial charge >= 0.3 is 23.6 Å². The molecule has 1 aliphatic heterocycles. The highest BCUT2D eigenvalue weighted by atomic mass is 16.7. The van der Waals surface area contributed by atoms with Gasteiger partial charge in [-0.2, -0.15) is 4.98 Å². The first kappa shape index (κ1) is 25.6. The summed E-state index contributed by atoms with van der Waals surface area (Å²) >= 11 is 0. The predicted molar refractivity (Wildman–Crippen MR) is 135 cm³/mol. The van der Waals surface area contributed by atoms with Crippen molar-refractivity contribution >= 4 is 17.9 Å². The lowest BCUT2D eigenvalue weighted by Crippen LogP contribution is -2.41. The molecule has 0 aliphatic carbocycles. The van der Waals surface area contributed by atoms with E-state index in [9.17, 15) is 19.2 Å². The molecule has 0 spiro atoms. The number of nitrogens with zero attached hydrogens (tertiary/aromatic N) is 2. The molecule has 4 atom stereocenters. The largest absolute Gasteiger partial charge is 0.459 e. The van der Waals surface area contributed by atoms with Crippen LogP contribution in [0.5, 0.6) is 0 Å². The number of aromatic nitrogens is 3. The number of hydrogen-bond donors (Lipinski definition) is 1. The minimum Gasteiger partial charge on any atom is -0.459 e. The molecule has 1 saturated heterocycles. The van der Waals surface area contributed by atoms with Crippen LogP contribution in [0.4, 0.5) is 0 Å². The van der Waals surface area contributed by atoms with Crippen molar-refractivity contribution in [1.82, 2.24) is 14.8 Å². The van der Waals surface area contributed by atoms with Crippen molar-refractivity contribution in [2.45, 2.75) is 24.5 Å². The molecule has 4 aromatic rings. The van der Waals surface area contributed by atoms with Crippen molar-refractivity contribution < 1.29 is 33.3 Å². The zero-order chi connectivity index (χ0) is 27.2. The number of rotatable bonds is 8. The lowest BCUT2D eigenvalue weighted by Gasteiger charge is -2.24. The highest BCUT2D eigenvalue weighted by Gasteiger charge is 2.51. The second-order valence-electron chi connectivity index (χ2n) is 8.57. The summed E-state index contributed by atoms with van der Waals surface area (Å²) in [5.41, 5.74) is 0.159. The lowest BCUT2D eigenvalue weighted by atomic mass is 10.1. The molecule has 198 valence electrons. The van der Waals surface area contributed by atoms with E-state index in [4.69, 9.17) is 18.9 Å². The molecular formula is C28H23N3O8. The number of nitrogens with one attached hydrogen (secondary N) is 1. The number of H-pyrrole nitrogens is 1.